The average molecular weight is 316 g/mol. The number of hydrogen-bond acceptors (Lipinski definition) is 3. The zero-order chi connectivity index (χ0) is 15.5. The van der Waals surface area contributed by atoms with E-state index in [9.17, 15) is 4.79 Å². The Morgan fingerprint density at radius 3 is 3.09 bits per heavy atom. The lowest BCUT2D eigenvalue weighted by Crippen LogP contribution is -2.36. The van der Waals surface area contributed by atoms with Crippen LogP contribution >= 0.6 is 11.6 Å². The Bertz CT molecular complexity index is 702. The molecule has 0 bridgehead atoms. The molecule has 1 amide bonds. The van der Waals surface area contributed by atoms with Gasteiger partial charge in [-0.05, 0) is 30.5 Å². The lowest BCUT2D eigenvalue weighted by atomic mass is 10.0. The molecule has 0 atom stereocenters. The Hall–Kier alpha value is -1.94. The van der Waals surface area contributed by atoms with Gasteiger partial charge in [-0.2, -0.15) is 0 Å². The predicted molar refractivity (Wildman–Crippen MR) is 85.7 cm³/mol. The van der Waals surface area contributed by atoms with Crippen molar-refractivity contribution in [1.29, 1.82) is 0 Å². The minimum Gasteiger partial charge on any atom is -0.338 e. The van der Waals surface area contributed by atoms with Crippen molar-refractivity contribution in [1.82, 2.24) is 14.9 Å². The molecular weight excluding hydrogens is 298 g/mol. The molecule has 0 saturated carbocycles. The standard InChI is InChI=1S/C17H18ClN3O/c1-12-8-13(2-4-15(12)18)3-5-17(22)21-7-6-16-14(10-21)9-19-11-20-16/h2,4,8-9,11H,3,5-7,10H2,1H3. The summed E-state index contributed by atoms with van der Waals surface area (Å²) in [4.78, 5) is 22.6. The van der Waals surface area contributed by atoms with E-state index in [0.717, 1.165) is 46.8 Å². The summed E-state index contributed by atoms with van der Waals surface area (Å²) in [5.74, 6) is 0.183. The highest BCUT2D eigenvalue weighted by atomic mass is 35.5. The molecule has 0 unspecified atom stereocenters. The number of halogens is 1. The maximum Gasteiger partial charge on any atom is 0.223 e. The highest BCUT2D eigenvalue weighted by molar-refractivity contribution is 6.31. The molecule has 0 saturated heterocycles. The lowest BCUT2D eigenvalue weighted by Gasteiger charge is -2.28. The normalized spacial score (nSPS) is 13.8. The summed E-state index contributed by atoms with van der Waals surface area (Å²) in [5, 5.41) is 0.766. The largest absolute Gasteiger partial charge is 0.338 e. The van der Waals surface area contributed by atoms with Crippen LogP contribution < -0.4 is 0 Å². The van der Waals surface area contributed by atoms with Crippen LogP contribution in [0.4, 0.5) is 0 Å². The average Bonchev–Trinajstić information content (AvgIpc) is 2.55. The van der Waals surface area contributed by atoms with Gasteiger partial charge in [0.05, 0.1) is 5.69 Å². The molecule has 0 N–H and O–H groups in total. The molecule has 0 spiro atoms. The van der Waals surface area contributed by atoms with Crippen molar-refractivity contribution < 1.29 is 4.79 Å². The van der Waals surface area contributed by atoms with E-state index in [1.54, 1.807) is 6.33 Å². The molecule has 1 aromatic carbocycles. The molecule has 4 nitrogen and oxygen atoms in total. The molecule has 5 heteroatoms. The number of rotatable bonds is 3. The van der Waals surface area contributed by atoms with Crippen molar-refractivity contribution in [2.45, 2.75) is 32.7 Å². The number of aryl methyl sites for hydroxylation is 2. The molecular formula is C17H18ClN3O. The second-order valence-electron chi connectivity index (χ2n) is 5.64. The maximum atomic E-state index is 12.4. The quantitative estimate of drug-likeness (QED) is 0.875. The van der Waals surface area contributed by atoms with Crippen LogP contribution in [0, 0.1) is 6.92 Å². The van der Waals surface area contributed by atoms with Gasteiger partial charge in [0.1, 0.15) is 6.33 Å². The Balaban J connectivity index is 1.60. The van der Waals surface area contributed by atoms with Crippen molar-refractivity contribution in [2.75, 3.05) is 6.54 Å². The first-order chi connectivity index (χ1) is 10.6. The van der Waals surface area contributed by atoms with Gasteiger partial charge in [-0.25, -0.2) is 9.97 Å². The molecule has 22 heavy (non-hydrogen) atoms. The number of carbonyl (C=O) groups excluding carboxylic acids is 1. The highest BCUT2D eigenvalue weighted by Crippen LogP contribution is 2.19. The third-order valence-electron chi connectivity index (χ3n) is 4.06. The number of amides is 1. The second-order valence-corrected chi connectivity index (χ2v) is 6.05. The second kappa shape index (κ2) is 6.44. The molecule has 1 aliphatic rings. The fourth-order valence-electron chi connectivity index (χ4n) is 2.75. The van der Waals surface area contributed by atoms with Gasteiger partial charge in [0.15, 0.2) is 0 Å². The number of benzene rings is 1. The fourth-order valence-corrected chi connectivity index (χ4v) is 2.87. The number of aromatic nitrogens is 2. The van der Waals surface area contributed by atoms with Crippen LogP contribution in [0.3, 0.4) is 0 Å². The van der Waals surface area contributed by atoms with Crippen LogP contribution in [0.15, 0.2) is 30.7 Å². The van der Waals surface area contributed by atoms with E-state index in [1.807, 2.05) is 30.2 Å². The third-order valence-corrected chi connectivity index (χ3v) is 4.49. The van der Waals surface area contributed by atoms with E-state index < -0.39 is 0 Å². The Morgan fingerprint density at radius 1 is 1.41 bits per heavy atom. The van der Waals surface area contributed by atoms with Gasteiger partial charge in [0.2, 0.25) is 5.91 Å². The van der Waals surface area contributed by atoms with Crippen LogP contribution in [0.5, 0.6) is 0 Å². The molecule has 1 aliphatic heterocycles. The lowest BCUT2D eigenvalue weighted by molar-refractivity contribution is -0.132. The summed E-state index contributed by atoms with van der Waals surface area (Å²) < 4.78 is 0. The van der Waals surface area contributed by atoms with Crippen LogP contribution in [0.2, 0.25) is 5.02 Å². The summed E-state index contributed by atoms with van der Waals surface area (Å²) >= 11 is 6.03. The van der Waals surface area contributed by atoms with E-state index in [2.05, 4.69) is 16.0 Å². The predicted octanol–water partition coefficient (Wildman–Crippen LogP) is 2.96. The molecule has 0 fully saturated rings. The van der Waals surface area contributed by atoms with Gasteiger partial charge in [0.25, 0.3) is 0 Å². The van der Waals surface area contributed by atoms with Gasteiger partial charge >= 0.3 is 0 Å². The molecule has 0 aliphatic carbocycles. The molecule has 114 valence electrons. The summed E-state index contributed by atoms with van der Waals surface area (Å²) in [6.45, 7) is 3.34. The minimum atomic E-state index is 0.183. The molecule has 3 rings (SSSR count). The Labute approximate surface area is 135 Å². The van der Waals surface area contributed by atoms with E-state index in [-0.39, 0.29) is 5.91 Å². The first-order valence-electron chi connectivity index (χ1n) is 7.44. The van der Waals surface area contributed by atoms with Gasteiger partial charge in [-0.15, -0.1) is 0 Å². The highest BCUT2D eigenvalue weighted by Gasteiger charge is 2.21. The van der Waals surface area contributed by atoms with Crippen LogP contribution in [0.25, 0.3) is 0 Å². The smallest absolute Gasteiger partial charge is 0.223 e. The molecule has 2 heterocycles. The topological polar surface area (TPSA) is 46.1 Å². The van der Waals surface area contributed by atoms with Crippen LogP contribution in [-0.4, -0.2) is 27.3 Å². The number of carbonyl (C=O) groups is 1. The Morgan fingerprint density at radius 2 is 2.27 bits per heavy atom. The first-order valence-corrected chi connectivity index (χ1v) is 7.82. The van der Waals surface area contributed by atoms with Crippen molar-refractivity contribution in [3.63, 3.8) is 0 Å². The van der Waals surface area contributed by atoms with Crippen molar-refractivity contribution >= 4 is 17.5 Å². The summed E-state index contributed by atoms with van der Waals surface area (Å²) in [7, 11) is 0. The van der Waals surface area contributed by atoms with Gasteiger partial charge in [-0.1, -0.05) is 23.7 Å². The molecule has 0 radical (unpaired) electrons. The van der Waals surface area contributed by atoms with E-state index in [1.165, 1.54) is 0 Å². The number of hydrogen-bond donors (Lipinski definition) is 0. The molecule has 1 aromatic heterocycles. The SMILES string of the molecule is Cc1cc(CCC(=O)N2CCc3ncncc3C2)ccc1Cl. The van der Waals surface area contributed by atoms with E-state index in [4.69, 9.17) is 11.6 Å². The van der Waals surface area contributed by atoms with Crippen LogP contribution in [-0.2, 0) is 24.2 Å². The molecule has 2 aromatic rings. The zero-order valence-corrected chi connectivity index (χ0v) is 13.3. The van der Waals surface area contributed by atoms with Gasteiger partial charge in [-0.3, -0.25) is 4.79 Å². The summed E-state index contributed by atoms with van der Waals surface area (Å²) in [6, 6.07) is 5.93. The maximum absolute atomic E-state index is 12.4. The van der Waals surface area contributed by atoms with Gasteiger partial charge in [0, 0.05) is 42.7 Å². The summed E-state index contributed by atoms with van der Waals surface area (Å²) in [6.07, 6.45) is 5.45. The van der Waals surface area contributed by atoms with Crippen molar-refractivity contribution in [3.8, 4) is 0 Å². The summed E-state index contributed by atoms with van der Waals surface area (Å²) in [5.41, 5.74) is 4.32. The number of nitrogens with zero attached hydrogens (tertiary/aromatic N) is 3. The van der Waals surface area contributed by atoms with Crippen LogP contribution in [0.1, 0.15) is 28.8 Å². The van der Waals surface area contributed by atoms with E-state index >= 15 is 0 Å². The first kappa shape index (κ1) is 15.0. The fraction of sp³-hybridized carbons (Fsp3) is 0.353. The minimum absolute atomic E-state index is 0.183. The van der Waals surface area contributed by atoms with E-state index in [0.29, 0.717) is 13.0 Å². The monoisotopic (exact) mass is 315 g/mol. The van der Waals surface area contributed by atoms with Crippen molar-refractivity contribution in [3.05, 3.63) is 58.1 Å². The third kappa shape index (κ3) is 3.28. The van der Waals surface area contributed by atoms with Crippen molar-refractivity contribution in [2.24, 2.45) is 0 Å². The zero-order valence-electron chi connectivity index (χ0n) is 12.6. The number of fused-ring (bicyclic) bond motifs is 1. The van der Waals surface area contributed by atoms with Gasteiger partial charge < -0.3 is 4.90 Å². The Kier molecular flexibility index (Phi) is 4.39.